The van der Waals surface area contributed by atoms with Crippen molar-refractivity contribution >= 4 is 5.78 Å². The minimum absolute atomic E-state index is 0.195. The van der Waals surface area contributed by atoms with Crippen molar-refractivity contribution in [3.63, 3.8) is 0 Å². The second kappa shape index (κ2) is 6.92. The fourth-order valence-electron chi connectivity index (χ4n) is 2.80. The lowest BCUT2D eigenvalue weighted by Gasteiger charge is -2.07. The first-order chi connectivity index (χ1) is 13.1. The highest BCUT2D eigenvalue weighted by Gasteiger charge is 2.14. The molecule has 0 spiro atoms. The van der Waals surface area contributed by atoms with Crippen molar-refractivity contribution < 1.29 is 13.6 Å². The third-order valence-corrected chi connectivity index (χ3v) is 4.13. The lowest BCUT2D eigenvalue weighted by atomic mass is 10.1. The lowest BCUT2D eigenvalue weighted by molar-refractivity contribution is 0.103. The molecule has 0 bridgehead atoms. The molecule has 0 N–H and O–H groups in total. The van der Waals surface area contributed by atoms with Crippen LogP contribution in [0, 0.1) is 11.6 Å². The van der Waals surface area contributed by atoms with Crippen LogP contribution in [-0.4, -0.2) is 20.3 Å². The molecule has 4 rings (SSSR count). The minimum Gasteiger partial charge on any atom is -0.306 e. The van der Waals surface area contributed by atoms with Gasteiger partial charge in [-0.05, 0) is 35.9 Å². The lowest BCUT2D eigenvalue weighted by Crippen LogP contribution is -2.02. The van der Waals surface area contributed by atoms with Crippen LogP contribution in [0.1, 0.15) is 16.1 Å². The van der Waals surface area contributed by atoms with E-state index in [9.17, 15) is 13.6 Å². The Kier molecular flexibility index (Phi) is 4.30. The van der Waals surface area contributed by atoms with E-state index in [4.69, 9.17) is 0 Å². The number of pyridine rings is 1. The van der Waals surface area contributed by atoms with Crippen molar-refractivity contribution in [2.45, 2.75) is 0 Å². The van der Waals surface area contributed by atoms with Crippen LogP contribution in [0.4, 0.5) is 8.78 Å². The summed E-state index contributed by atoms with van der Waals surface area (Å²) in [6.45, 7) is 0. The number of ketones is 1. The maximum Gasteiger partial charge on any atom is 0.213 e. The zero-order chi connectivity index (χ0) is 18.8. The quantitative estimate of drug-likeness (QED) is 0.505. The predicted molar refractivity (Wildman–Crippen MR) is 96.6 cm³/mol. The number of imidazole rings is 1. The molecule has 0 atom stereocenters. The third kappa shape index (κ3) is 3.37. The van der Waals surface area contributed by atoms with E-state index in [0.29, 0.717) is 11.1 Å². The van der Waals surface area contributed by atoms with E-state index in [0.717, 1.165) is 11.9 Å². The van der Waals surface area contributed by atoms with Crippen molar-refractivity contribution in [1.82, 2.24) is 14.5 Å². The first-order valence-electron chi connectivity index (χ1n) is 8.16. The fraction of sp³-hybridized carbons (Fsp3) is 0. The molecule has 132 valence electrons. The molecule has 4 aromatic rings. The van der Waals surface area contributed by atoms with Crippen molar-refractivity contribution in [3.8, 4) is 16.8 Å². The summed E-state index contributed by atoms with van der Waals surface area (Å²) in [6, 6.07) is 14.3. The van der Waals surface area contributed by atoms with E-state index in [-0.39, 0.29) is 17.0 Å². The number of halogens is 2. The van der Waals surface area contributed by atoms with Gasteiger partial charge in [0.15, 0.2) is 0 Å². The van der Waals surface area contributed by atoms with Crippen LogP contribution in [0.5, 0.6) is 0 Å². The Morgan fingerprint density at radius 2 is 1.85 bits per heavy atom. The number of hydrogen-bond acceptors (Lipinski definition) is 3. The average Bonchev–Trinajstić information content (AvgIpc) is 3.18. The van der Waals surface area contributed by atoms with Crippen LogP contribution in [0.15, 0.2) is 79.5 Å². The van der Waals surface area contributed by atoms with Crippen molar-refractivity contribution in [1.29, 1.82) is 0 Å². The van der Waals surface area contributed by atoms with Crippen molar-refractivity contribution in [2.75, 3.05) is 0 Å². The summed E-state index contributed by atoms with van der Waals surface area (Å²) in [5.41, 5.74) is 2.26. The van der Waals surface area contributed by atoms with Crippen LogP contribution < -0.4 is 0 Å². The van der Waals surface area contributed by atoms with Crippen molar-refractivity contribution in [3.05, 3.63) is 102 Å². The Morgan fingerprint density at radius 1 is 1.00 bits per heavy atom. The molecule has 0 saturated heterocycles. The van der Waals surface area contributed by atoms with Gasteiger partial charge in [-0.15, -0.1) is 0 Å². The number of carbonyl (C=O) groups excluding carboxylic acids is 1. The largest absolute Gasteiger partial charge is 0.306 e. The van der Waals surface area contributed by atoms with Gasteiger partial charge in [0.25, 0.3) is 0 Å². The first-order valence-corrected chi connectivity index (χ1v) is 8.16. The summed E-state index contributed by atoms with van der Waals surface area (Å²) in [4.78, 5) is 20.4. The zero-order valence-corrected chi connectivity index (χ0v) is 14.0. The molecule has 0 amide bonds. The molecular formula is C21H13F2N3O. The van der Waals surface area contributed by atoms with Crippen LogP contribution in [0.3, 0.4) is 0 Å². The standard InChI is InChI=1S/C21H13F2N3O/c22-16-5-1-4-15(9-16)21(27)20-12-26(13-25-20)17-6-2-3-14(10-17)18-7-8-24-11-19(18)23/h1-13H. The van der Waals surface area contributed by atoms with Gasteiger partial charge in [-0.25, -0.2) is 13.8 Å². The summed E-state index contributed by atoms with van der Waals surface area (Å²) in [5, 5.41) is 0. The number of aromatic nitrogens is 3. The topological polar surface area (TPSA) is 47.8 Å². The van der Waals surface area contributed by atoms with Gasteiger partial charge in [-0.1, -0.05) is 24.3 Å². The van der Waals surface area contributed by atoms with Crippen LogP contribution in [-0.2, 0) is 0 Å². The van der Waals surface area contributed by atoms with Gasteiger partial charge in [-0.3, -0.25) is 9.78 Å². The minimum atomic E-state index is -0.479. The van der Waals surface area contributed by atoms with Gasteiger partial charge in [0, 0.05) is 29.2 Å². The molecule has 0 saturated carbocycles. The second-order valence-corrected chi connectivity index (χ2v) is 5.91. The number of hydrogen-bond donors (Lipinski definition) is 0. The molecule has 2 heterocycles. The van der Waals surface area contributed by atoms with Crippen LogP contribution in [0.2, 0.25) is 0 Å². The molecule has 0 fully saturated rings. The molecular weight excluding hydrogens is 348 g/mol. The third-order valence-electron chi connectivity index (χ3n) is 4.13. The van der Waals surface area contributed by atoms with E-state index in [1.807, 2.05) is 6.07 Å². The van der Waals surface area contributed by atoms with E-state index >= 15 is 0 Å². The molecule has 0 aliphatic carbocycles. The van der Waals surface area contributed by atoms with Gasteiger partial charge >= 0.3 is 0 Å². The highest BCUT2D eigenvalue weighted by Crippen LogP contribution is 2.24. The molecule has 0 aliphatic rings. The Balaban J connectivity index is 1.67. The molecule has 0 radical (unpaired) electrons. The van der Waals surface area contributed by atoms with Gasteiger partial charge in [0.05, 0.1) is 6.20 Å². The summed E-state index contributed by atoms with van der Waals surface area (Å²) in [6.07, 6.45) is 5.75. The van der Waals surface area contributed by atoms with E-state index in [2.05, 4.69) is 9.97 Å². The first kappa shape index (κ1) is 16.8. The van der Waals surface area contributed by atoms with Gasteiger partial charge < -0.3 is 4.57 Å². The monoisotopic (exact) mass is 361 g/mol. The average molecular weight is 361 g/mol. The van der Waals surface area contributed by atoms with E-state index in [1.54, 1.807) is 35.0 Å². The van der Waals surface area contributed by atoms with Crippen LogP contribution >= 0.6 is 0 Å². The number of benzene rings is 2. The second-order valence-electron chi connectivity index (χ2n) is 5.91. The van der Waals surface area contributed by atoms with Gasteiger partial charge in [-0.2, -0.15) is 0 Å². The molecule has 0 unspecified atom stereocenters. The highest BCUT2D eigenvalue weighted by molar-refractivity contribution is 6.07. The molecule has 0 aliphatic heterocycles. The summed E-state index contributed by atoms with van der Waals surface area (Å²) in [5.74, 6) is -1.26. The Morgan fingerprint density at radius 3 is 2.67 bits per heavy atom. The molecule has 4 nitrogen and oxygen atoms in total. The Hall–Kier alpha value is -3.67. The van der Waals surface area contributed by atoms with Crippen LogP contribution in [0.25, 0.3) is 16.8 Å². The van der Waals surface area contributed by atoms with E-state index in [1.165, 1.54) is 36.8 Å². The van der Waals surface area contributed by atoms with Gasteiger partial charge in [0.1, 0.15) is 23.7 Å². The fourth-order valence-corrected chi connectivity index (χ4v) is 2.80. The maximum absolute atomic E-state index is 14.0. The zero-order valence-electron chi connectivity index (χ0n) is 14.0. The summed E-state index contributed by atoms with van der Waals surface area (Å²) >= 11 is 0. The Bertz CT molecular complexity index is 1140. The van der Waals surface area contributed by atoms with Crippen molar-refractivity contribution in [2.24, 2.45) is 0 Å². The number of rotatable bonds is 4. The van der Waals surface area contributed by atoms with Gasteiger partial charge in [0.2, 0.25) is 5.78 Å². The SMILES string of the molecule is O=C(c1cccc(F)c1)c1cn(-c2cccc(-c3ccncc3F)c2)cn1. The molecule has 27 heavy (non-hydrogen) atoms. The smallest absolute Gasteiger partial charge is 0.213 e. The summed E-state index contributed by atoms with van der Waals surface area (Å²) in [7, 11) is 0. The maximum atomic E-state index is 14.0. The highest BCUT2D eigenvalue weighted by atomic mass is 19.1. The molecule has 6 heteroatoms. The molecule has 2 aromatic carbocycles. The normalized spacial score (nSPS) is 10.7. The number of carbonyl (C=O) groups is 1. The Labute approximate surface area is 153 Å². The molecule has 2 aromatic heterocycles. The van der Waals surface area contributed by atoms with E-state index < -0.39 is 11.6 Å². The summed E-state index contributed by atoms with van der Waals surface area (Å²) < 4.78 is 29.0. The predicted octanol–water partition coefficient (Wildman–Crippen LogP) is 4.44. The number of nitrogens with zero attached hydrogens (tertiary/aromatic N) is 3.